The summed E-state index contributed by atoms with van der Waals surface area (Å²) >= 11 is 19.0. The number of benzene rings is 3. The van der Waals surface area contributed by atoms with Crippen molar-refractivity contribution >= 4 is 78.8 Å². The summed E-state index contributed by atoms with van der Waals surface area (Å²) in [4.78, 5) is 24.8. The molecule has 0 spiro atoms. The molecule has 11 heteroatoms. The summed E-state index contributed by atoms with van der Waals surface area (Å²) in [5.41, 5.74) is 4.35. The molecule has 2 amide bonds. The lowest BCUT2D eigenvalue weighted by atomic mass is 10.1. The second-order valence-corrected chi connectivity index (χ2v) is 10.0. The maximum atomic E-state index is 12.4. The Morgan fingerprint density at radius 3 is 2.50 bits per heavy atom. The maximum absolute atomic E-state index is 12.4. The van der Waals surface area contributed by atoms with E-state index in [0.717, 1.165) is 5.56 Å². The smallest absolute Gasteiger partial charge is 0.252 e. The first-order chi connectivity index (χ1) is 17.2. The minimum atomic E-state index is -0.967. The quantitative estimate of drug-likeness (QED) is 0.150. The number of anilines is 1. The molecule has 0 bridgehead atoms. The lowest BCUT2D eigenvalue weighted by molar-refractivity contribution is -0.131. The second-order valence-electron chi connectivity index (χ2n) is 7.48. The molecule has 0 heterocycles. The highest BCUT2D eigenvalue weighted by Crippen LogP contribution is 2.37. The van der Waals surface area contributed by atoms with E-state index in [1.165, 1.54) is 20.2 Å². The molecule has 0 saturated carbocycles. The molecule has 0 fully saturated rings. The minimum Gasteiger partial charge on any atom is -0.493 e. The molecular formula is C25H21Br2Cl2N3O4. The first-order valence-corrected chi connectivity index (χ1v) is 12.9. The third kappa shape index (κ3) is 7.46. The van der Waals surface area contributed by atoms with Crippen molar-refractivity contribution in [1.82, 2.24) is 5.43 Å². The Labute approximate surface area is 235 Å². The third-order valence-electron chi connectivity index (χ3n) is 4.95. The highest BCUT2D eigenvalue weighted by atomic mass is 79.9. The van der Waals surface area contributed by atoms with E-state index < -0.39 is 17.7 Å². The van der Waals surface area contributed by atoms with Crippen LogP contribution in [-0.4, -0.2) is 25.1 Å². The molecule has 0 aromatic heterocycles. The molecule has 0 radical (unpaired) electrons. The maximum Gasteiger partial charge on any atom is 0.252 e. The fourth-order valence-corrected chi connectivity index (χ4v) is 4.35. The van der Waals surface area contributed by atoms with Crippen molar-refractivity contribution in [2.45, 2.75) is 13.5 Å². The van der Waals surface area contributed by atoms with Crippen molar-refractivity contribution in [1.29, 1.82) is 0 Å². The van der Waals surface area contributed by atoms with Gasteiger partial charge in [0, 0.05) is 20.1 Å². The molecule has 36 heavy (non-hydrogen) atoms. The second kappa shape index (κ2) is 13.1. The molecule has 3 aromatic rings. The molecule has 2 N–H and O–H groups in total. The van der Waals surface area contributed by atoms with Crippen LogP contribution in [-0.2, 0) is 16.2 Å². The molecule has 0 aliphatic heterocycles. The number of ether oxygens (including phenoxy) is 2. The fourth-order valence-electron chi connectivity index (χ4n) is 2.93. The zero-order valence-electron chi connectivity index (χ0n) is 19.2. The standard InChI is InChI=1S/C25H21Br2Cl2N3O4/c1-14(24(33)31-21-6-4-3-5-18(21)26)25(34)32-30-12-15-9-19(27)23(22(10-15)35-2)36-13-16-7-8-17(28)11-20(16)29/h3-12,14H,13H2,1-2H3,(H,31,33)(H,32,34). The minimum absolute atomic E-state index is 0.202. The first-order valence-electron chi connectivity index (χ1n) is 10.5. The molecule has 1 atom stereocenters. The zero-order chi connectivity index (χ0) is 26.2. The highest BCUT2D eigenvalue weighted by molar-refractivity contribution is 9.11. The number of halogens is 4. The zero-order valence-corrected chi connectivity index (χ0v) is 23.8. The molecule has 188 valence electrons. The van der Waals surface area contributed by atoms with E-state index in [1.54, 1.807) is 48.5 Å². The number of nitrogens with one attached hydrogen (secondary N) is 2. The van der Waals surface area contributed by atoms with Crippen molar-refractivity contribution in [3.8, 4) is 11.5 Å². The van der Waals surface area contributed by atoms with Crippen LogP contribution in [0.1, 0.15) is 18.1 Å². The number of hydrogen-bond donors (Lipinski definition) is 2. The number of methoxy groups -OCH3 is 1. The van der Waals surface area contributed by atoms with Gasteiger partial charge in [0.1, 0.15) is 12.5 Å². The lowest BCUT2D eigenvalue weighted by Gasteiger charge is -2.14. The van der Waals surface area contributed by atoms with Gasteiger partial charge in [-0.05, 0) is 80.7 Å². The molecule has 7 nitrogen and oxygen atoms in total. The Morgan fingerprint density at radius 1 is 1.06 bits per heavy atom. The normalized spacial score (nSPS) is 11.7. The lowest BCUT2D eigenvalue weighted by Crippen LogP contribution is -2.34. The Hall–Kier alpha value is -2.59. The van der Waals surface area contributed by atoms with Crippen LogP contribution in [0.25, 0.3) is 0 Å². The van der Waals surface area contributed by atoms with Gasteiger partial charge in [-0.3, -0.25) is 9.59 Å². The highest BCUT2D eigenvalue weighted by Gasteiger charge is 2.22. The van der Waals surface area contributed by atoms with E-state index in [2.05, 4.69) is 47.7 Å². The van der Waals surface area contributed by atoms with E-state index in [4.69, 9.17) is 32.7 Å². The van der Waals surface area contributed by atoms with E-state index in [0.29, 0.717) is 41.7 Å². The topological polar surface area (TPSA) is 89.0 Å². The van der Waals surface area contributed by atoms with Crippen molar-refractivity contribution in [2.75, 3.05) is 12.4 Å². The van der Waals surface area contributed by atoms with Gasteiger partial charge in [0.05, 0.1) is 23.5 Å². The van der Waals surface area contributed by atoms with Crippen LogP contribution in [0.5, 0.6) is 11.5 Å². The summed E-state index contributed by atoms with van der Waals surface area (Å²) in [6, 6.07) is 15.7. The van der Waals surface area contributed by atoms with Crippen molar-refractivity contribution in [3.05, 3.63) is 84.7 Å². The first kappa shape index (κ1) is 28.0. The molecular weight excluding hydrogens is 637 g/mol. The summed E-state index contributed by atoms with van der Waals surface area (Å²) in [5.74, 6) is -1.06. The van der Waals surface area contributed by atoms with E-state index in [1.807, 2.05) is 6.07 Å². The molecule has 0 aliphatic rings. The van der Waals surface area contributed by atoms with Crippen LogP contribution >= 0.6 is 55.1 Å². The van der Waals surface area contributed by atoms with Gasteiger partial charge in [0.2, 0.25) is 5.91 Å². The number of amides is 2. The number of hydrogen-bond acceptors (Lipinski definition) is 5. The number of hydrazone groups is 1. The van der Waals surface area contributed by atoms with Gasteiger partial charge in [-0.25, -0.2) is 5.43 Å². The summed E-state index contributed by atoms with van der Waals surface area (Å²) in [6.45, 7) is 1.70. The Kier molecular flexibility index (Phi) is 10.2. The molecule has 3 rings (SSSR count). The van der Waals surface area contributed by atoms with Crippen molar-refractivity contribution in [2.24, 2.45) is 11.0 Å². The Morgan fingerprint density at radius 2 is 1.81 bits per heavy atom. The number of carbonyl (C=O) groups excluding carboxylic acids is 2. The van der Waals surface area contributed by atoms with Crippen molar-refractivity contribution in [3.63, 3.8) is 0 Å². The molecule has 0 aliphatic carbocycles. The van der Waals surface area contributed by atoms with Crippen LogP contribution in [0, 0.1) is 5.92 Å². The van der Waals surface area contributed by atoms with Gasteiger partial charge in [-0.1, -0.05) is 41.4 Å². The van der Waals surface area contributed by atoms with Gasteiger partial charge in [0.15, 0.2) is 11.5 Å². The average molecular weight is 658 g/mol. The summed E-state index contributed by atoms with van der Waals surface area (Å²) < 4.78 is 12.7. The van der Waals surface area contributed by atoms with E-state index in [9.17, 15) is 9.59 Å². The van der Waals surface area contributed by atoms with Crippen LogP contribution in [0.3, 0.4) is 0 Å². The van der Waals surface area contributed by atoms with Crippen LogP contribution in [0.15, 0.2) is 68.6 Å². The number of rotatable bonds is 9. The van der Waals surface area contributed by atoms with Gasteiger partial charge < -0.3 is 14.8 Å². The summed E-state index contributed by atoms with van der Waals surface area (Å²) in [7, 11) is 1.51. The van der Waals surface area contributed by atoms with E-state index >= 15 is 0 Å². The van der Waals surface area contributed by atoms with Crippen LogP contribution < -0.4 is 20.2 Å². The fraction of sp³-hybridized carbons (Fsp3) is 0.160. The predicted octanol–water partition coefficient (Wildman–Crippen LogP) is 6.83. The van der Waals surface area contributed by atoms with Gasteiger partial charge in [-0.2, -0.15) is 5.10 Å². The predicted molar refractivity (Wildman–Crippen MR) is 149 cm³/mol. The molecule has 0 saturated heterocycles. The number of para-hydroxylation sites is 1. The van der Waals surface area contributed by atoms with Crippen molar-refractivity contribution < 1.29 is 19.1 Å². The summed E-state index contributed by atoms with van der Waals surface area (Å²) in [6.07, 6.45) is 1.43. The Balaban J connectivity index is 1.63. The van der Waals surface area contributed by atoms with Gasteiger partial charge in [-0.15, -0.1) is 0 Å². The average Bonchev–Trinajstić information content (AvgIpc) is 2.84. The van der Waals surface area contributed by atoms with E-state index in [-0.39, 0.29) is 6.61 Å². The monoisotopic (exact) mass is 655 g/mol. The van der Waals surface area contributed by atoms with Crippen LogP contribution in [0.4, 0.5) is 5.69 Å². The van der Waals surface area contributed by atoms with Gasteiger partial charge in [0.25, 0.3) is 5.91 Å². The largest absolute Gasteiger partial charge is 0.493 e. The Bertz CT molecular complexity index is 1300. The van der Waals surface area contributed by atoms with Crippen LogP contribution in [0.2, 0.25) is 10.0 Å². The summed E-state index contributed by atoms with van der Waals surface area (Å²) in [5, 5.41) is 7.71. The van der Waals surface area contributed by atoms with Gasteiger partial charge >= 0.3 is 0 Å². The third-order valence-corrected chi connectivity index (χ3v) is 6.81. The molecule has 1 unspecified atom stereocenters. The molecule has 3 aromatic carbocycles. The SMILES string of the molecule is COc1cc(C=NNC(=O)C(C)C(=O)Nc2ccccc2Br)cc(Br)c1OCc1ccc(Cl)cc1Cl. The number of nitrogens with zero attached hydrogens (tertiary/aromatic N) is 1. The number of carbonyl (C=O) groups is 2.